The van der Waals surface area contributed by atoms with Gasteiger partial charge in [0.15, 0.2) is 12.4 Å². The second-order valence-electron chi connectivity index (χ2n) is 6.91. The van der Waals surface area contributed by atoms with E-state index in [1.807, 2.05) is 72.8 Å². The quantitative estimate of drug-likeness (QED) is 0.583. The van der Waals surface area contributed by atoms with Crippen LogP contribution >= 0.6 is 0 Å². The van der Waals surface area contributed by atoms with E-state index in [1.54, 1.807) is 12.1 Å². The minimum absolute atomic E-state index is 0.159. The van der Waals surface area contributed by atoms with Gasteiger partial charge >= 0.3 is 5.97 Å². The fraction of sp³-hybridized carbons (Fsp3) is 0.160. The second-order valence-corrected chi connectivity index (χ2v) is 6.91. The molecule has 0 aromatic heterocycles. The van der Waals surface area contributed by atoms with Gasteiger partial charge in [-0.2, -0.15) is 0 Å². The Morgan fingerprint density at radius 1 is 0.833 bits per heavy atom. The van der Waals surface area contributed by atoms with Crippen LogP contribution in [-0.4, -0.2) is 30.3 Å². The number of benzene rings is 3. The third-order valence-electron chi connectivity index (χ3n) is 4.67. The summed E-state index contributed by atoms with van der Waals surface area (Å²) in [7, 11) is 0. The zero-order valence-electron chi connectivity index (χ0n) is 16.7. The molecule has 30 heavy (non-hydrogen) atoms. The summed E-state index contributed by atoms with van der Waals surface area (Å²) in [4.78, 5) is 36.8. The largest absolute Gasteiger partial charge is 0.452 e. The number of esters is 1. The number of amides is 1. The van der Waals surface area contributed by atoms with E-state index in [2.05, 4.69) is 5.32 Å². The van der Waals surface area contributed by atoms with Gasteiger partial charge in [-0.05, 0) is 36.1 Å². The molecule has 0 saturated heterocycles. The van der Waals surface area contributed by atoms with E-state index < -0.39 is 24.5 Å². The number of ether oxygens (including phenoxy) is 1. The van der Waals surface area contributed by atoms with E-state index in [0.717, 1.165) is 16.7 Å². The number of nitrogens with one attached hydrogen (secondary N) is 1. The molecule has 1 amide bonds. The smallest absolute Gasteiger partial charge is 0.339 e. The van der Waals surface area contributed by atoms with Gasteiger partial charge in [-0.3, -0.25) is 9.59 Å². The van der Waals surface area contributed by atoms with E-state index >= 15 is 0 Å². The molecule has 1 atom stereocenters. The van der Waals surface area contributed by atoms with Gasteiger partial charge in [-0.25, -0.2) is 4.79 Å². The number of rotatable bonds is 8. The van der Waals surface area contributed by atoms with Crippen molar-refractivity contribution in [2.75, 3.05) is 6.61 Å². The molecule has 5 nitrogen and oxygen atoms in total. The Kier molecular flexibility index (Phi) is 7.11. The van der Waals surface area contributed by atoms with E-state index in [4.69, 9.17) is 4.74 Å². The summed E-state index contributed by atoms with van der Waals surface area (Å²) in [5.74, 6) is -1.27. The van der Waals surface area contributed by atoms with Gasteiger partial charge < -0.3 is 10.1 Å². The van der Waals surface area contributed by atoms with Crippen molar-refractivity contribution in [2.24, 2.45) is 0 Å². The van der Waals surface area contributed by atoms with Crippen molar-refractivity contribution in [3.63, 3.8) is 0 Å². The van der Waals surface area contributed by atoms with Crippen molar-refractivity contribution in [3.05, 3.63) is 96.1 Å². The van der Waals surface area contributed by atoms with Crippen molar-refractivity contribution in [1.82, 2.24) is 5.32 Å². The first kappa shape index (κ1) is 21.0. The first-order valence-corrected chi connectivity index (χ1v) is 9.70. The lowest BCUT2D eigenvalue weighted by atomic mass is 10.00. The highest BCUT2D eigenvalue weighted by Gasteiger charge is 2.20. The molecular weight excluding hydrogens is 378 g/mol. The Labute approximate surface area is 175 Å². The van der Waals surface area contributed by atoms with Gasteiger partial charge in [0.25, 0.3) is 5.91 Å². The van der Waals surface area contributed by atoms with Crippen LogP contribution in [0.2, 0.25) is 0 Å². The Bertz CT molecular complexity index is 1020. The Morgan fingerprint density at radius 2 is 1.43 bits per heavy atom. The molecule has 1 N–H and O–H groups in total. The highest BCUT2D eigenvalue weighted by molar-refractivity contribution is 5.98. The molecule has 0 fully saturated rings. The fourth-order valence-corrected chi connectivity index (χ4v) is 3.12. The maximum absolute atomic E-state index is 12.6. The lowest BCUT2D eigenvalue weighted by Crippen LogP contribution is -2.43. The summed E-state index contributed by atoms with van der Waals surface area (Å²) in [5, 5.41) is 2.65. The topological polar surface area (TPSA) is 72.5 Å². The third-order valence-corrected chi connectivity index (χ3v) is 4.67. The minimum Gasteiger partial charge on any atom is -0.452 e. The summed E-state index contributed by atoms with van der Waals surface area (Å²) < 4.78 is 5.22. The van der Waals surface area contributed by atoms with Crippen LogP contribution in [0.5, 0.6) is 0 Å². The van der Waals surface area contributed by atoms with Gasteiger partial charge in [0.05, 0.1) is 11.6 Å². The van der Waals surface area contributed by atoms with Crippen molar-refractivity contribution in [1.29, 1.82) is 0 Å². The molecule has 3 aromatic carbocycles. The summed E-state index contributed by atoms with van der Waals surface area (Å²) >= 11 is 0. The lowest BCUT2D eigenvalue weighted by Gasteiger charge is -2.16. The van der Waals surface area contributed by atoms with Gasteiger partial charge in [-0.15, -0.1) is 0 Å². The van der Waals surface area contributed by atoms with Crippen LogP contribution in [0.15, 0.2) is 84.9 Å². The second kappa shape index (κ2) is 10.2. The summed E-state index contributed by atoms with van der Waals surface area (Å²) in [6, 6.07) is 25.3. The highest BCUT2D eigenvalue weighted by atomic mass is 16.5. The van der Waals surface area contributed by atoms with Crippen molar-refractivity contribution < 1.29 is 19.1 Å². The third kappa shape index (κ3) is 5.64. The summed E-state index contributed by atoms with van der Waals surface area (Å²) in [6.07, 6.45) is 0.382. The molecule has 5 heteroatoms. The molecule has 3 rings (SSSR count). The molecule has 0 bridgehead atoms. The average Bonchev–Trinajstić information content (AvgIpc) is 2.78. The molecule has 0 aliphatic carbocycles. The molecule has 0 spiro atoms. The van der Waals surface area contributed by atoms with Gasteiger partial charge in [0.2, 0.25) is 0 Å². The number of hydrogen-bond donors (Lipinski definition) is 1. The number of hydrogen-bond acceptors (Lipinski definition) is 4. The molecule has 152 valence electrons. The van der Waals surface area contributed by atoms with Crippen LogP contribution in [0.1, 0.15) is 22.8 Å². The van der Waals surface area contributed by atoms with Crippen LogP contribution in [0.25, 0.3) is 11.1 Å². The lowest BCUT2D eigenvalue weighted by molar-refractivity contribution is -0.128. The van der Waals surface area contributed by atoms with Crippen LogP contribution in [0.4, 0.5) is 0 Å². The number of Topliss-reactive ketones (excluding diaryl/α,β-unsaturated/α-hetero) is 1. The summed E-state index contributed by atoms with van der Waals surface area (Å²) in [6.45, 7) is 0.969. The van der Waals surface area contributed by atoms with Crippen LogP contribution in [-0.2, 0) is 20.7 Å². The Morgan fingerprint density at radius 3 is 2.10 bits per heavy atom. The molecule has 0 saturated carbocycles. The molecule has 0 aliphatic heterocycles. The first-order valence-electron chi connectivity index (χ1n) is 9.70. The first-order chi connectivity index (χ1) is 14.5. The molecular formula is C25H23NO4. The zero-order valence-corrected chi connectivity index (χ0v) is 16.7. The Balaban J connectivity index is 1.62. The molecule has 3 aromatic rings. The maximum atomic E-state index is 12.6. The van der Waals surface area contributed by atoms with E-state index in [9.17, 15) is 14.4 Å². The number of ketones is 1. The number of carbonyl (C=O) groups is 3. The van der Waals surface area contributed by atoms with Crippen LogP contribution in [0, 0.1) is 0 Å². The average molecular weight is 401 g/mol. The van der Waals surface area contributed by atoms with E-state index in [-0.39, 0.29) is 5.78 Å². The van der Waals surface area contributed by atoms with Gasteiger partial charge in [-0.1, -0.05) is 78.9 Å². The van der Waals surface area contributed by atoms with Crippen LogP contribution < -0.4 is 5.32 Å². The van der Waals surface area contributed by atoms with Crippen molar-refractivity contribution >= 4 is 17.7 Å². The normalized spacial score (nSPS) is 11.4. The molecule has 0 aliphatic rings. The number of carbonyl (C=O) groups excluding carboxylic acids is 3. The predicted molar refractivity (Wildman–Crippen MR) is 115 cm³/mol. The SMILES string of the molecule is CC(=O)[C@@H](Cc1ccccc1)NC(=O)COC(=O)c1ccccc1-c1ccccc1. The standard InChI is InChI=1S/C25H23NO4/c1-18(27)23(16-19-10-4-2-5-11-19)26-24(28)17-30-25(29)22-15-9-8-14-21(22)20-12-6-3-7-13-20/h2-15,23H,16-17H2,1H3,(H,26,28)/t23-/m1/s1. The van der Waals surface area contributed by atoms with Crippen LogP contribution in [0.3, 0.4) is 0 Å². The molecule has 0 radical (unpaired) electrons. The predicted octanol–water partition coefficient (Wildman–Crippen LogP) is 3.83. The monoisotopic (exact) mass is 401 g/mol. The van der Waals surface area contributed by atoms with Crippen molar-refractivity contribution in [2.45, 2.75) is 19.4 Å². The maximum Gasteiger partial charge on any atom is 0.339 e. The van der Waals surface area contributed by atoms with Crippen molar-refractivity contribution in [3.8, 4) is 11.1 Å². The van der Waals surface area contributed by atoms with Gasteiger partial charge in [0.1, 0.15) is 0 Å². The van der Waals surface area contributed by atoms with Gasteiger partial charge in [0, 0.05) is 0 Å². The molecule has 0 heterocycles. The minimum atomic E-state index is -0.671. The highest BCUT2D eigenvalue weighted by Crippen LogP contribution is 2.23. The van der Waals surface area contributed by atoms with E-state index in [0.29, 0.717) is 12.0 Å². The van der Waals surface area contributed by atoms with E-state index in [1.165, 1.54) is 6.92 Å². The Hall–Kier alpha value is -3.73. The fourth-order valence-electron chi connectivity index (χ4n) is 3.12. The zero-order chi connectivity index (χ0) is 21.3. The molecule has 0 unspecified atom stereocenters. The summed E-state index contributed by atoms with van der Waals surface area (Å²) in [5.41, 5.74) is 2.93.